The smallest absolute Gasteiger partial charge is 0.253 e. The van der Waals surface area contributed by atoms with E-state index in [0.717, 1.165) is 30.6 Å². The lowest BCUT2D eigenvalue weighted by Crippen LogP contribution is -2.70. The van der Waals surface area contributed by atoms with Gasteiger partial charge in [-0.3, -0.25) is 19.2 Å². The molecule has 0 radical (unpaired) electrons. The van der Waals surface area contributed by atoms with Crippen molar-refractivity contribution in [1.82, 2.24) is 15.1 Å². The first-order valence-electron chi connectivity index (χ1n) is 7.56. The predicted octanol–water partition coefficient (Wildman–Crippen LogP) is 1.00. The van der Waals surface area contributed by atoms with Gasteiger partial charge in [0.15, 0.2) is 0 Å². The number of aryl methyl sites for hydroxylation is 2. The van der Waals surface area contributed by atoms with Gasteiger partial charge < -0.3 is 5.32 Å². The molecule has 1 N–H and O–H groups in total. The van der Waals surface area contributed by atoms with Crippen LogP contribution in [0.4, 0.5) is 5.69 Å². The van der Waals surface area contributed by atoms with Crippen molar-refractivity contribution >= 4 is 17.5 Å². The molecule has 1 aliphatic heterocycles. The summed E-state index contributed by atoms with van der Waals surface area (Å²) in [5.74, 6) is 0.153. The molecular weight excluding hydrogens is 268 g/mol. The van der Waals surface area contributed by atoms with Gasteiger partial charge in [0.05, 0.1) is 11.4 Å². The molecule has 2 aliphatic rings. The van der Waals surface area contributed by atoms with Crippen molar-refractivity contribution in [3.05, 3.63) is 11.9 Å². The standard InChI is InChI=1S/C15H22N4O2/c1-5-11-12(8-18(4)17-11)19-9(2)13(20)16-15(3,14(19)21)10-6-7-10/h8-10H,5-7H2,1-4H3,(H,16,20). The van der Waals surface area contributed by atoms with E-state index < -0.39 is 11.6 Å². The van der Waals surface area contributed by atoms with Crippen molar-refractivity contribution in [2.24, 2.45) is 13.0 Å². The number of nitrogens with one attached hydrogen (secondary N) is 1. The van der Waals surface area contributed by atoms with Crippen molar-refractivity contribution in [2.45, 2.75) is 51.6 Å². The number of carbonyl (C=O) groups is 2. The fraction of sp³-hybridized carbons (Fsp3) is 0.667. The Hall–Kier alpha value is -1.85. The van der Waals surface area contributed by atoms with E-state index in [4.69, 9.17) is 0 Å². The average molecular weight is 290 g/mol. The van der Waals surface area contributed by atoms with E-state index >= 15 is 0 Å². The highest BCUT2D eigenvalue weighted by Crippen LogP contribution is 2.43. The highest BCUT2D eigenvalue weighted by Gasteiger charge is 2.55. The van der Waals surface area contributed by atoms with Crippen LogP contribution in [-0.2, 0) is 23.1 Å². The van der Waals surface area contributed by atoms with Crippen molar-refractivity contribution in [1.29, 1.82) is 0 Å². The van der Waals surface area contributed by atoms with Gasteiger partial charge in [-0.1, -0.05) is 6.92 Å². The van der Waals surface area contributed by atoms with Gasteiger partial charge >= 0.3 is 0 Å². The first-order chi connectivity index (χ1) is 9.88. The Bertz CT molecular complexity index is 605. The number of hydrogen-bond donors (Lipinski definition) is 1. The molecule has 1 saturated heterocycles. The van der Waals surface area contributed by atoms with Crippen LogP contribution in [0.3, 0.4) is 0 Å². The number of carbonyl (C=O) groups excluding carboxylic acids is 2. The molecule has 1 aromatic heterocycles. The van der Waals surface area contributed by atoms with E-state index in [9.17, 15) is 9.59 Å². The number of nitrogens with zero attached hydrogens (tertiary/aromatic N) is 3. The third-order valence-electron chi connectivity index (χ3n) is 4.68. The maximum Gasteiger partial charge on any atom is 0.253 e. The lowest BCUT2D eigenvalue weighted by Gasteiger charge is -2.43. The highest BCUT2D eigenvalue weighted by molar-refractivity contribution is 6.11. The number of aromatic nitrogens is 2. The van der Waals surface area contributed by atoms with Gasteiger partial charge in [-0.2, -0.15) is 5.10 Å². The molecule has 1 saturated carbocycles. The fourth-order valence-corrected chi connectivity index (χ4v) is 3.19. The van der Waals surface area contributed by atoms with Crippen LogP contribution in [0, 0.1) is 5.92 Å². The second-order valence-electron chi connectivity index (χ2n) is 6.31. The summed E-state index contributed by atoms with van der Waals surface area (Å²) in [4.78, 5) is 27.0. The van der Waals surface area contributed by atoms with Crippen LogP contribution in [0.1, 0.15) is 39.3 Å². The Balaban J connectivity index is 2.05. The van der Waals surface area contributed by atoms with E-state index in [1.165, 1.54) is 0 Å². The summed E-state index contributed by atoms with van der Waals surface area (Å²) in [6.45, 7) is 5.63. The third-order valence-corrected chi connectivity index (χ3v) is 4.68. The molecule has 2 atom stereocenters. The molecule has 0 aromatic carbocycles. The molecule has 2 unspecified atom stereocenters. The second-order valence-corrected chi connectivity index (χ2v) is 6.31. The van der Waals surface area contributed by atoms with E-state index in [0.29, 0.717) is 0 Å². The lowest BCUT2D eigenvalue weighted by molar-refractivity contribution is -0.138. The number of rotatable bonds is 3. The highest BCUT2D eigenvalue weighted by atomic mass is 16.2. The minimum atomic E-state index is -0.773. The quantitative estimate of drug-likeness (QED) is 0.903. The SMILES string of the molecule is CCc1nn(C)cc1N1C(=O)C(C)(C2CC2)NC(=O)C1C. The zero-order valence-electron chi connectivity index (χ0n) is 13.0. The van der Waals surface area contributed by atoms with Gasteiger partial charge in [0.1, 0.15) is 11.6 Å². The molecule has 114 valence electrons. The minimum absolute atomic E-state index is 0.0141. The summed E-state index contributed by atoms with van der Waals surface area (Å²) in [7, 11) is 1.84. The lowest BCUT2D eigenvalue weighted by atomic mass is 9.89. The van der Waals surface area contributed by atoms with Gasteiger partial charge in [-0.25, -0.2) is 0 Å². The topological polar surface area (TPSA) is 67.2 Å². The van der Waals surface area contributed by atoms with Crippen molar-refractivity contribution in [2.75, 3.05) is 4.90 Å². The largest absolute Gasteiger partial charge is 0.340 e. The van der Waals surface area contributed by atoms with Gasteiger partial charge in [0, 0.05) is 13.2 Å². The molecular formula is C15H22N4O2. The Kier molecular flexibility index (Phi) is 3.07. The van der Waals surface area contributed by atoms with Crippen LogP contribution in [-0.4, -0.2) is 33.2 Å². The monoisotopic (exact) mass is 290 g/mol. The van der Waals surface area contributed by atoms with E-state index in [1.807, 2.05) is 27.1 Å². The van der Waals surface area contributed by atoms with Gasteiger partial charge in [0.2, 0.25) is 5.91 Å². The molecule has 2 heterocycles. The zero-order chi connectivity index (χ0) is 15.4. The van der Waals surface area contributed by atoms with Crippen LogP contribution in [0.25, 0.3) is 0 Å². The summed E-state index contributed by atoms with van der Waals surface area (Å²) < 4.78 is 1.70. The molecule has 21 heavy (non-hydrogen) atoms. The molecule has 2 amide bonds. The van der Waals surface area contributed by atoms with Crippen LogP contribution < -0.4 is 10.2 Å². The first kappa shape index (κ1) is 14.1. The van der Waals surface area contributed by atoms with Crippen LogP contribution in [0.2, 0.25) is 0 Å². The van der Waals surface area contributed by atoms with Gasteiger partial charge in [-0.15, -0.1) is 0 Å². The molecule has 6 nitrogen and oxygen atoms in total. The molecule has 3 rings (SSSR count). The Labute approximate surface area is 124 Å². The first-order valence-corrected chi connectivity index (χ1v) is 7.56. The minimum Gasteiger partial charge on any atom is -0.340 e. The summed E-state index contributed by atoms with van der Waals surface area (Å²) in [6, 6.07) is -0.501. The van der Waals surface area contributed by atoms with Crippen LogP contribution >= 0.6 is 0 Å². The number of piperazine rings is 1. The molecule has 1 aromatic rings. The maximum atomic E-state index is 13.0. The van der Waals surface area contributed by atoms with Crippen LogP contribution in [0.15, 0.2) is 6.20 Å². The number of anilines is 1. The molecule has 0 bridgehead atoms. The van der Waals surface area contributed by atoms with Crippen molar-refractivity contribution < 1.29 is 9.59 Å². The Morgan fingerprint density at radius 3 is 2.67 bits per heavy atom. The normalized spacial score (nSPS) is 29.7. The second kappa shape index (κ2) is 4.58. The zero-order valence-corrected chi connectivity index (χ0v) is 13.0. The summed E-state index contributed by atoms with van der Waals surface area (Å²) in [6.07, 6.45) is 4.56. The Morgan fingerprint density at radius 1 is 1.43 bits per heavy atom. The van der Waals surface area contributed by atoms with Crippen molar-refractivity contribution in [3.63, 3.8) is 0 Å². The maximum absolute atomic E-state index is 13.0. The summed E-state index contributed by atoms with van der Waals surface area (Å²) in [5.41, 5.74) is 0.842. The Morgan fingerprint density at radius 2 is 2.10 bits per heavy atom. The average Bonchev–Trinajstić information content (AvgIpc) is 3.22. The van der Waals surface area contributed by atoms with E-state index in [1.54, 1.807) is 16.5 Å². The number of hydrogen-bond acceptors (Lipinski definition) is 3. The summed E-state index contributed by atoms with van der Waals surface area (Å²) in [5, 5.41) is 7.34. The fourth-order valence-electron chi connectivity index (χ4n) is 3.19. The van der Waals surface area contributed by atoms with E-state index in [2.05, 4.69) is 10.4 Å². The van der Waals surface area contributed by atoms with Gasteiger partial charge in [-0.05, 0) is 39.0 Å². The van der Waals surface area contributed by atoms with Crippen LogP contribution in [0.5, 0.6) is 0 Å². The molecule has 0 spiro atoms. The van der Waals surface area contributed by atoms with Gasteiger partial charge in [0.25, 0.3) is 5.91 Å². The predicted molar refractivity (Wildman–Crippen MR) is 78.8 cm³/mol. The molecule has 2 fully saturated rings. The number of amides is 2. The van der Waals surface area contributed by atoms with Crippen molar-refractivity contribution in [3.8, 4) is 0 Å². The third kappa shape index (κ3) is 2.04. The molecule has 1 aliphatic carbocycles. The van der Waals surface area contributed by atoms with E-state index in [-0.39, 0.29) is 17.7 Å². The summed E-state index contributed by atoms with van der Waals surface area (Å²) >= 11 is 0. The molecule has 6 heteroatoms.